The van der Waals surface area contributed by atoms with Crippen LogP contribution >= 0.6 is 0 Å². The number of pyridine rings is 1. The molecule has 3 N–H and O–H groups in total. The third-order valence-corrected chi connectivity index (χ3v) is 8.30. The molecule has 4 heterocycles. The number of aromatic nitrogens is 3. The second kappa shape index (κ2) is 12.5. The van der Waals surface area contributed by atoms with Crippen molar-refractivity contribution in [1.82, 2.24) is 30.5 Å². The standard InChI is InChI=1S/C30H40N6O2/c1-31-28(37)11-4-2-3-9-25(35-30(38)24-8-7-17-36-16-6-5-10-27(24)36)29-33-20-26(34-29)22-13-12-21-14-15-32-19-23(21)18-22/h12-15,18-20,24-25,27H,2-11,16-17H2,1H3,(H,31,37)(H,33,34)(H,35,38)/t24-,25+,27-/m1/s1. The van der Waals surface area contributed by atoms with Gasteiger partial charge < -0.3 is 15.6 Å². The Morgan fingerprint density at radius 3 is 2.84 bits per heavy atom. The molecule has 8 nitrogen and oxygen atoms in total. The van der Waals surface area contributed by atoms with Crippen molar-refractivity contribution in [2.75, 3.05) is 20.1 Å². The minimum atomic E-state index is -0.183. The number of hydrogen-bond acceptors (Lipinski definition) is 5. The van der Waals surface area contributed by atoms with Crippen LogP contribution in [0.5, 0.6) is 0 Å². The number of benzene rings is 1. The number of rotatable bonds is 10. The van der Waals surface area contributed by atoms with Crippen molar-refractivity contribution >= 4 is 22.6 Å². The molecule has 0 unspecified atom stereocenters. The number of piperidine rings is 2. The molecular formula is C30H40N6O2. The molecule has 5 rings (SSSR count). The number of amides is 2. The largest absolute Gasteiger partial charge is 0.359 e. The van der Waals surface area contributed by atoms with E-state index in [1.54, 1.807) is 13.2 Å². The van der Waals surface area contributed by atoms with E-state index in [0.29, 0.717) is 12.5 Å². The van der Waals surface area contributed by atoms with Crippen LogP contribution in [0, 0.1) is 5.92 Å². The summed E-state index contributed by atoms with van der Waals surface area (Å²) in [5, 5.41) is 8.31. The number of imidazole rings is 1. The van der Waals surface area contributed by atoms with E-state index in [2.05, 4.69) is 43.7 Å². The summed E-state index contributed by atoms with van der Waals surface area (Å²) in [7, 11) is 1.67. The van der Waals surface area contributed by atoms with E-state index in [0.717, 1.165) is 85.9 Å². The molecule has 0 bridgehead atoms. The first-order valence-electron chi connectivity index (χ1n) is 14.3. The van der Waals surface area contributed by atoms with Crippen molar-refractivity contribution in [1.29, 1.82) is 0 Å². The maximum atomic E-state index is 13.6. The number of aromatic amines is 1. The van der Waals surface area contributed by atoms with Gasteiger partial charge in [0, 0.05) is 42.9 Å². The molecule has 38 heavy (non-hydrogen) atoms. The highest BCUT2D eigenvalue weighted by Crippen LogP contribution is 2.32. The molecule has 2 fully saturated rings. The number of hydrogen-bond donors (Lipinski definition) is 3. The Labute approximate surface area is 225 Å². The van der Waals surface area contributed by atoms with E-state index in [9.17, 15) is 9.59 Å². The smallest absolute Gasteiger partial charge is 0.225 e. The van der Waals surface area contributed by atoms with E-state index in [-0.39, 0.29) is 23.8 Å². The molecule has 2 amide bonds. The molecule has 3 atom stereocenters. The van der Waals surface area contributed by atoms with Gasteiger partial charge in [0.15, 0.2) is 0 Å². The van der Waals surface area contributed by atoms with Gasteiger partial charge in [0.1, 0.15) is 5.82 Å². The summed E-state index contributed by atoms with van der Waals surface area (Å²) in [5.74, 6) is 1.07. The molecular weight excluding hydrogens is 476 g/mol. The van der Waals surface area contributed by atoms with Gasteiger partial charge in [0.25, 0.3) is 0 Å². The SMILES string of the molecule is CNC(=O)CCCCC[C@H](NC(=O)[C@@H]1CCCN2CCCC[C@H]12)c1ncc(-c2ccc3ccncc3c2)[nH]1. The predicted octanol–water partition coefficient (Wildman–Crippen LogP) is 4.74. The van der Waals surface area contributed by atoms with Crippen LogP contribution in [0.1, 0.15) is 76.1 Å². The molecule has 3 aromatic rings. The van der Waals surface area contributed by atoms with Crippen LogP contribution < -0.4 is 10.6 Å². The highest BCUT2D eigenvalue weighted by atomic mass is 16.2. The minimum absolute atomic E-state index is 0.0437. The molecule has 202 valence electrons. The summed E-state index contributed by atoms with van der Waals surface area (Å²) in [6.45, 7) is 2.23. The number of fused-ring (bicyclic) bond motifs is 2. The Bertz CT molecular complexity index is 1240. The van der Waals surface area contributed by atoms with Gasteiger partial charge in [-0.15, -0.1) is 0 Å². The first-order valence-corrected chi connectivity index (χ1v) is 14.3. The molecule has 0 spiro atoms. The summed E-state index contributed by atoms with van der Waals surface area (Å²) >= 11 is 0. The van der Waals surface area contributed by atoms with Gasteiger partial charge in [-0.3, -0.25) is 19.5 Å². The average molecular weight is 517 g/mol. The van der Waals surface area contributed by atoms with Gasteiger partial charge in [-0.1, -0.05) is 31.4 Å². The lowest BCUT2D eigenvalue weighted by Gasteiger charge is -2.43. The molecule has 0 aliphatic carbocycles. The molecule has 0 saturated carbocycles. The van der Waals surface area contributed by atoms with Crippen LogP contribution in [0.25, 0.3) is 22.0 Å². The van der Waals surface area contributed by atoms with E-state index in [1.807, 2.05) is 18.5 Å². The van der Waals surface area contributed by atoms with Crippen LogP contribution in [0.3, 0.4) is 0 Å². The van der Waals surface area contributed by atoms with Crippen LogP contribution in [0.15, 0.2) is 42.9 Å². The van der Waals surface area contributed by atoms with Crippen LogP contribution in [-0.4, -0.2) is 57.8 Å². The number of nitrogens with one attached hydrogen (secondary N) is 3. The highest BCUT2D eigenvalue weighted by molar-refractivity contribution is 5.86. The van der Waals surface area contributed by atoms with Crippen molar-refractivity contribution in [3.8, 4) is 11.3 Å². The monoisotopic (exact) mass is 516 g/mol. The Morgan fingerprint density at radius 1 is 1.05 bits per heavy atom. The second-order valence-corrected chi connectivity index (χ2v) is 10.8. The van der Waals surface area contributed by atoms with Crippen molar-refractivity contribution in [2.45, 2.75) is 76.3 Å². The number of unbranched alkanes of at least 4 members (excludes halogenated alkanes) is 2. The van der Waals surface area contributed by atoms with Gasteiger partial charge in [-0.25, -0.2) is 4.98 Å². The zero-order valence-electron chi connectivity index (χ0n) is 22.4. The van der Waals surface area contributed by atoms with E-state index < -0.39 is 0 Å². The van der Waals surface area contributed by atoms with Gasteiger partial charge in [-0.05, 0) is 69.1 Å². The zero-order valence-corrected chi connectivity index (χ0v) is 22.4. The van der Waals surface area contributed by atoms with Crippen LogP contribution in [-0.2, 0) is 9.59 Å². The Kier molecular flexibility index (Phi) is 8.68. The highest BCUT2D eigenvalue weighted by Gasteiger charge is 2.37. The molecule has 0 radical (unpaired) electrons. The lowest BCUT2D eigenvalue weighted by Crippen LogP contribution is -2.53. The van der Waals surface area contributed by atoms with Gasteiger partial charge >= 0.3 is 0 Å². The Morgan fingerprint density at radius 2 is 1.95 bits per heavy atom. The van der Waals surface area contributed by atoms with Gasteiger partial charge in [-0.2, -0.15) is 0 Å². The summed E-state index contributed by atoms with van der Waals surface area (Å²) in [6, 6.07) is 8.49. The van der Waals surface area contributed by atoms with E-state index in [4.69, 9.17) is 4.98 Å². The number of carbonyl (C=O) groups is 2. The lowest BCUT2D eigenvalue weighted by molar-refractivity contribution is -0.130. The topological polar surface area (TPSA) is 103 Å². The summed E-state index contributed by atoms with van der Waals surface area (Å²) in [5.41, 5.74) is 1.98. The fourth-order valence-electron chi connectivity index (χ4n) is 6.17. The Hall–Kier alpha value is -3.26. The van der Waals surface area contributed by atoms with Crippen molar-refractivity contribution in [2.24, 2.45) is 5.92 Å². The van der Waals surface area contributed by atoms with Crippen molar-refractivity contribution in [3.05, 3.63) is 48.7 Å². The minimum Gasteiger partial charge on any atom is -0.359 e. The second-order valence-electron chi connectivity index (χ2n) is 10.8. The lowest BCUT2D eigenvalue weighted by atomic mass is 9.83. The quantitative estimate of drug-likeness (QED) is 0.338. The molecule has 2 aliphatic heterocycles. The molecule has 1 aromatic carbocycles. The molecule has 2 aromatic heterocycles. The zero-order chi connectivity index (χ0) is 26.3. The van der Waals surface area contributed by atoms with E-state index >= 15 is 0 Å². The average Bonchev–Trinajstić information content (AvgIpc) is 3.46. The number of H-pyrrole nitrogens is 1. The molecule has 2 saturated heterocycles. The normalized spacial score (nSPS) is 20.6. The fourth-order valence-corrected chi connectivity index (χ4v) is 6.17. The maximum Gasteiger partial charge on any atom is 0.225 e. The number of nitrogens with zero attached hydrogens (tertiary/aromatic N) is 3. The van der Waals surface area contributed by atoms with Crippen molar-refractivity contribution in [3.63, 3.8) is 0 Å². The summed E-state index contributed by atoms with van der Waals surface area (Å²) in [4.78, 5) is 40.3. The number of carbonyl (C=O) groups excluding carboxylic acids is 2. The predicted molar refractivity (Wildman–Crippen MR) is 149 cm³/mol. The fraction of sp³-hybridized carbons (Fsp3) is 0.533. The van der Waals surface area contributed by atoms with Gasteiger partial charge in [0.05, 0.1) is 23.9 Å². The third kappa shape index (κ3) is 6.23. The van der Waals surface area contributed by atoms with Crippen molar-refractivity contribution < 1.29 is 9.59 Å². The van der Waals surface area contributed by atoms with Gasteiger partial charge in [0.2, 0.25) is 11.8 Å². The maximum absolute atomic E-state index is 13.6. The van der Waals surface area contributed by atoms with E-state index in [1.165, 1.54) is 12.8 Å². The third-order valence-electron chi connectivity index (χ3n) is 8.30. The Balaban J connectivity index is 1.30. The molecule has 2 aliphatic rings. The van der Waals surface area contributed by atoms with Crippen LogP contribution in [0.4, 0.5) is 0 Å². The first-order chi connectivity index (χ1) is 18.6. The summed E-state index contributed by atoms with van der Waals surface area (Å²) in [6.07, 6.45) is 15.2. The van der Waals surface area contributed by atoms with Crippen LogP contribution in [0.2, 0.25) is 0 Å². The molecule has 8 heteroatoms. The summed E-state index contributed by atoms with van der Waals surface area (Å²) < 4.78 is 0. The first kappa shape index (κ1) is 26.4.